The maximum absolute atomic E-state index is 12.6. The van der Waals surface area contributed by atoms with Gasteiger partial charge in [0.15, 0.2) is 11.9 Å². The van der Waals surface area contributed by atoms with Gasteiger partial charge in [-0.3, -0.25) is 4.52 Å². The summed E-state index contributed by atoms with van der Waals surface area (Å²) in [6.45, 7) is -1.06. The molecule has 1 aliphatic rings. The molecule has 11 nitrogen and oxygen atoms in total. The summed E-state index contributed by atoms with van der Waals surface area (Å²) in [6.07, 6.45) is -3.07. The van der Waals surface area contributed by atoms with E-state index >= 15 is 0 Å². The average molecular weight is 496 g/mol. The zero-order chi connectivity index (χ0) is 24.7. The van der Waals surface area contributed by atoms with E-state index in [2.05, 4.69) is 4.52 Å². The minimum atomic E-state index is -5.03. The minimum absolute atomic E-state index is 0.0914. The van der Waals surface area contributed by atoms with Gasteiger partial charge in [-0.05, 0) is 12.1 Å². The van der Waals surface area contributed by atoms with E-state index in [9.17, 15) is 24.3 Å². The number of esters is 1. The third kappa shape index (κ3) is 6.28. The predicted molar refractivity (Wildman–Crippen MR) is 116 cm³/mol. The average Bonchev–Trinajstić information content (AvgIpc) is 3.14. The lowest BCUT2D eigenvalue weighted by Crippen LogP contribution is -2.34. The van der Waals surface area contributed by atoms with Crippen LogP contribution in [0, 0.1) is 0 Å². The molecule has 0 spiro atoms. The Balaban J connectivity index is 1.92. The van der Waals surface area contributed by atoms with Crippen molar-refractivity contribution in [1.29, 1.82) is 0 Å². The Hall–Kier alpha value is -3.08. The topological polar surface area (TPSA) is 150 Å². The number of benzene rings is 2. The standard InChI is InChI=1S/C22H25O11P/c1-28-16-9-5-3-7-14(16)12-30-20-19(18(11-23)33-34(25,26)27)32-22(24)21(20)31-13-15-8-4-6-10-17(15)29-2/h3-10,18-19,23H,11-13H2,1-2H3,(H2,25,26,27). The fourth-order valence-corrected chi connectivity index (χ4v) is 3.82. The smallest absolute Gasteiger partial charge is 0.470 e. The quantitative estimate of drug-likeness (QED) is 0.293. The molecule has 0 aromatic heterocycles. The first-order valence-electron chi connectivity index (χ1n) is 10.1. The monoisotopic (exact) mass is 496 g/mol. The number of phosphoric acid groups is 1. The number of phosphoric ester groups is 1. The lowest BCUT2D eigenvalue weighted by atomic mass is 10.1. The Labute approximate surface area is 195 Å². The van der Waals surface area contributed by atoms with Gasteiger partial charge in [0.05, 0.1) is 20.8 Å². The molecule has 3 N–H and O–H groups in total. The molecule has 34 heavy (non-hydrogen) atoms. The zero-order valence-corrected chi connectivity index (χ0v) is 19.3. The number of hydrogen-bond acceptors (Lipinski definition) is 9. The molecular formula is C22H25O11P. The molecule has 3 rings (SSSR count). The Morgan fingerprint density at radius 1 is 0.941 bits per heavy atom. The summed E-state index contributed by atoms with van der Waals surface area (Å²) in [7, 11) is -2.05. The van der Waals surface area contributed by atoms with Crippen LogP contribution in [-0.2, 0) is 41.3 Å². The van der Waals surface area contributed by atoms with Gasteiger partial charge in [0, 0.05) is 11.1 Å². The predicted octanol–water partition coefficient (Wildman–Crippen LogP) is 2.04. The van der Waals surface area contributed by atoms with Crippen molar-refractivity contribution < 1.29 is 52.5 Å². The molecule has 1 heterocycles. The molecule has 2 aromatic carbocycles. The fraction of sp³-hybridized carbons (Fsp3) is 0.318. The number of rotatable bonds is 12. The molecule has 184 valence electrons. The molecule has 0 amide bonds. The van der Waals surface area contributed by atoms with Crippen LogP contribution < -0.4 is 9.47 Å². The first kappa shape index (κ1) is 25.5. The second-order valence-electron chi connectivity index (χ2n) is 7.04. The summed E-state index contributed by atoms with van der Waals surface area (Å²) < 4.78 is 43.3. The third-order valence-electron chi connectivity index (χ3n) is 4.83. The van der Waals surface area contributed by atoms with Gasteiger partial charge in [-0.2, -0.15) is 0 Å². The molecule has 0 saturated heterocycles. The van der Waals surface area contributed by atoms with Crippen molar-refractivity contribution in [3.63, 3.8) is 0 Å². The molecule has 0 aliphatic carbocycles. The Bertz CT molecular complexity index is 1080. The van der Waals surface area contributed by atoms with Crippen LogP contribution in [0.3, 0.4) is 0 Å². The van der Waals surface area contributed by atoms with Crippen molar-refractivity contribution in [3.05, 3.63) is 71.2 Å². The number of aliphatic hydroxyl groups excluding tert-OH is 1. The number of hydrogen-bond donors (Lipinski definition) is 3. The van der Waals surface area contributed by atoms with Crippen LogP contribution in [-0.4, -0.2) is 53.9 Å². The fourth-order valence-electron chi connectivity index (χ4n) is 3.29. The van der Waals surface area contributed by atoms with E-state index in [0.717, 1.165) is 0 Å². The maximum atomic E-state index is 12.6. The number of ether oxygens (including phenoxy) is 5. The summed E-state index contributed by atoms with van der Waals surface area (Å²) >= 11 is 0. The second kappa shape index (κ2) is 11.4. The molecule has 0 radical (unpaired) electrons. The summed E-state index contributed by atoms with van der Waals surface area (Å²) in [4.78, 5) is 31.0. The Morgan fingerprint density at radius 3 is 1.97 bits per heavy atom. The molecule has 2 unspecified atom stereocenters. The molecule has 0 fully saturated rings. The normalized spacial score (nSPS) is 16.7. The van der Waals surface area contributed by atoms with Crippen LogP contribution in [0.2, 0.25) is 0 Å². The van der Waals surface area contributed by atoms with E-state index in [0.29, 0.717) is 22.6 Å². The summed E-state index contributed by atoms with van der Waals surface area (Å²) in [5.41, 5.74) is 1.25. The van der Waals surface area contributed by atoms with Gasteiger partial charge < -0.3 is 38.6 Å². The molecule has 2 aromatic rings. The lowest BCUT2D eigenvalue weighted by Gasteiger charge is -2.23. The van der Waals surface area contributed by atoms with Gasteiger partial charge >= 0.3 is 13.8 Å². The van der Waals surface area contributed by atoms with Crippen LogP contribution in [0.5, 0.6) is 11.5 Å². The van der Waals surface area contributed by atoms with Gasteiger partial charge in [0.25, 0.3) is 0 Å². The minimum Gasteiger partial charge on any atom is -0.496 e. The number of aliphatic hydroxyl groups is 1. The Morgan fingerprint density at radius 2 is 1.47 bits per heavy atom. The van der Waals surface area contributed by atoms with E-state index in [1.54, 1.807) is 48.5 Å². The number of carbonyl (C=O) groups is 1. The molecule has 12 heteroatoms. The van der Waals surface area contributed by atoms with E-state index in [1.165, 1.54) is 14.2 Å². The first-order chi connectivity index (χ1) is 16.3. The molecule has 0 bridgehead atoms. The van der Waals surface area contributed by atoms with E-state index in [1.807, 2.05) is 0 Å². The molecular weight excluding hydrogens is 471 g/mol. The van der Waals surface area contributed by atoms with E-state index in [4.69, 9.17) is 23.7 Å². The first-order valence-corrected chi connectivity index (χ1v) is 11.6. The highest BCUT2D eigenvalue weighted by atomic mass is 31.2. The third-order valence-corrected chi connectivity index (χ3v) is 5.38. The summed E-state index contributed by atoms with van der Waals surface area (Å²) in [5.74, 6) is -0.397. The van der Waals surface area contributed by atoms with Crippen LogP contribution in [0.1, 0.15) is 11.1 Å². The second-order valence-corrected chi connectivity index (χ2v) is 8.23. The lowest BCUT2D eigenvalue weighted by molar-refractivity contribution is -0.148. The van der Waals surface area contributed by atoms with Gasteiger partial charge in [-0.1, -0.05) is 36.4 Å². The largest absolute Gasteiger partial charge is 0.496 e. The van der Waals surface area contributed by atoms with Gasteiger partial charge in [-0.15, -0.1) is 0 Å². The number of para-hydroxylation sites is 2. The highest BCUT2D eigenvalue weighted by Crippen LogP contribution is 2.41. The van der Waals surface area contributed by atoms with E-state index in [-0.39, 0.29) is 24.7 Å². The number of cyclic esters (lactones) is 1. The van der Waals surface area contributed by atoms with Crippen LogP contribution in [0.15, 0.2) is 60.0 Å². The number of methoxy groups -OCH3 is 2. The van der Waals surface area contributed by atoms with Crippen molar-refractivity contribution in [3.8, 4) is 11.5 Å². The molecule has 0 saturated carbocycles. The Kier molecular flexibility index (Phi) is 8.54. The van der Waals surface area contributed by atoms with Crippen LogP contribution in [0.4, 0.5) is 0 Å². The highest BCUT2D eigenvalue weighted by molar-refractivity contribution is 7.46. The van der Waals surface area contributed by atoms with Crippen molar-refractivity contribution in [2.24, 2.45) is 0 Å². The zero-order valence-electron chi connectivity index (χ0n) is 18.4. The van der Waals surface area contributed by atoms with E-state index < -0.39 is 32.6 Å². The maximum Gasteiger partial charge on any atom is 0.470 e. The molecule has 2 atom stereocenters. The van der Waals surface area contributed by atoms with Crippen molar-refractivity contribution >= 4 is 13.8 Å². The van der Waals surface area contributed by atoms with Gasteiger partial charge in [0.2, 0.25) is 5.76 Å². The molecule has 1 aliphatic heterocycles. The van der Waals surface area contributed by atoms with Crippen molar-refractivity contribution in [2.45, 2.75) is 25.4 Å². The number of carbonyl (C=O) groups excluding carboxylic acids is 1. The van der Waals surface area contributed by atoms with Gasteiger partial charge in [-0.25, -0.2) is 9.36 Å². The SMILES string of the molecule is COc1ccccc1COC1=C(OCc2ccccc2OC)C(C(CO)OP(=O)(O)O)OC1=O. The summed E-state index contributed by atoms with van der Waals surface area (Å²) in [6, 6.07) is 14.0. The van der Waals surface area contributed by atoms with Crippen LogP contribution >= 0.6 is 7.82 Å². The van der Waals surface area contributed by atoms with Crippen molar-refractivity contribution in [1.82, 2.24) is 0 Å². The summed E-state index contributed by atoms with van der Waals surface area (Å²) in [5, 5.41) is 9.67. The van der Waals surface area contributed by atoms with Crippen LogP contribution in [0.25, 0.3) is 0 Å². The van der Waals surface area contributed by atoms with Gasteiger partial charge in [0.1, 0.15) is 30.8 Å². The highest BCUT2D eigenvalue weighted by Gasteiger charge is 2.45. The van der Waals surface area contributed by atoms with Crippen molar-refractivity contribution in [2.75, 3.05) is 20.8 Å².